The van der Waals surface area contributed by atoms with Gasteiger partial charge in [0.25, 0.3) is 0 Å². The van der Waals surface area contributed by atoms with E-state index in [1.54, 1.807) is 0 Å². The molecule has 1 saturated heterocycles. The normalized spacial score (nSPS) is 23.2. The van der Waals surface area contributed by atoms with Gasteiger partial charge in [0.15, 0.2) is 11.5 Å². The van der Waals surface area contributed by atoms with E-state index < -0.39 is 0 Å². The first kappa shape index (κ1) is 11.0. The van der Waals surface area contributed by atoms with Gasteiger partial charge < -0.3 is 4.90 Å². The summed E-state index contributed by atoms with van der Waals surface area (Å²) in [5.41, 5.74) is 0.850. The minimum absolute atomic E-state index is 0.102. The molecule has 1 amide bonds. The molecule has 1 aliphatic heterocycles. The molecule has 0 bridgehead atoms. The van der Waals surface area contributed by atoms with Crippen molar-refractivity contribution < 1.29 is 4.79 Å². The third-order valence-electron chi connectivity index (χ3n) is 4.10. The highest BCUT2D eigenvalue weighted by Crippen LogP contribution is 2.38. The van der Waals surface area contributed by atoms with Crippen LogP contribution in [0.3, 0.4) is 0 Å². The Morgan fingerprint density at radius 2 is 2.11 bits per heavy atom. The number of rotatable bonds is 2. The molecule has 0 radical (unpaired) electrons. The molecule has 1 aliphatic carbocycles. The number of amides is 1. The first-order valence-corrected chi connectivity index (χ1v) is 6.95. The summed E-state index contributed by atoms with van der Waals surface area (Å²) < 4.78 is 2.00. The van der Waals surface area contributed by atoms with E-state index in [-0.39, 0.29) is 12.0 Å². The van der Waals surface area contributed by atoms with Gasteiger partial charge in [0.05, 0.1) is 6.04 Å². The quantitative estimate of drug-likeness (QED) is 0.823. The van der Waals surface area contributed by atoms with Crippen molar-refractivity contribution in [3.8, 4) is 0 Å². The molecule has 5 heteroatoms. The number of fused-ring (bicyclic) bond motifs is 1. The van der Waals surface area contributed by atoms with E-state index >= 15 is 0 Å². The van der Waals surface area contributed by atoms with Crippen LogP contribution in [-0.4, -0.2) is 31.9 Å². The van der Waals surface area contributed by atoms with Crippen LogP contribution in [0.1, 0.15) is 37.5 Å². The van der Waals surface area contributed by atoms with Crippen molar-refractivity contribution >= 4 is 11.6 Å². The second-order valence-electron chi connectivity index (χ2n) is 5.45. The predicted octanol–water partition coefficient (Wildman–Crippen LogP) is 1.80. The number of aromatic nitrogens is 3. The Kier molecular flexibility index (Phi) is 2.33. The van der Waals surface area contributed by atoms with E-state index in [9.17, 15) is 4.79 Å². The van der Waals surface area contributed by atoms with E-state index in [1.165, 1.54) is 0 Å². The van der Waals surface area contributed by atoms with Crippen LogP contribution in [0.25, 0.3) is 5.65 Å². The zero-order valence-electron chi connectivity index (χ0n) is 10.7. The zero-order chi connectivity index (χ0) is 12.8. The molecule has 4 rings (SSSR count). The Labute approximate surface area is 111 Å². The molecule has 1 saturated carbocycles. The van der Waals surface area contributed by atoms with Gasteiger partial charge in [-0.3, -0.25) is 9.20 Å². The Hall–Kier alpha value is -1.91. The fourth-order valence-electron chi connectivity index (χ4n) is 2.95. The smallest absolute Gasteiger partial charge is 0.226 e. The van der Waals surface area contributed by atoms with E-state index in [4.69, 9.17) is 0 Å². The van der Waals surface area contributed by atoms with Crippen LogP contribution >= 0.6 is 0 Å². The van der Waals surface area contributed by atoms with Gasteiger partial charge in [-0.1, -0.05) is 6.07 Å². The summed E-state index contributed by atoms with van der Waals surface area (Å²) in [5.74, 6) is 1.50. The monoisotopic (exact) mass is 256 g/mol. The molecule has 3 heterocycles. The maximum absolute atomic E-state index is 12.3. The maximum Gasteiger partial charge on any atom is 0.226 e. The van der Waals surface area contributed by atoms with Crippen LogP contribution in [0.4, 0.5) is 0 Å². The van der Waals surface area contributed by atoms with E-state index in [2.05, 4.69) is 10.2 Å². The minimum Gasteiger partial charge on any atom is -0.332 e. The number of likely N-dealkylation sites (tertiary alicyclic amines) is 1. The molecular weight excluding hydrogens is 240 g/mol. The summed E-state index contributed by atoms with van der Waals surface area (Å²) in [6.07, 6.45) is 6.15. The highest BCUT2D eigenvalue weighted by Gasteiger charge is 2.40. The van der Waals surface area contributed by atoms with Gasteiger partial charge in [0.1, 0.15) is 0 Å². The molecule has 0 unspecified atom stereocenters. The SMILES string of the molecule is O=C(C1CC1)N1CCC[C@H]1c1nnc2ccccn12. The van der Waals surface area contributed by atoms with Crippen molar-refractivity contribution in [2.75, 3.05) is 6.54 Å². The first-order chi connectivity index (χ1) is 9.34. The minimum atomic E-state index is 0.102. The van der Waals surface area contributed by atoms with E-state index in [0.29, 0.717) is 5.91 Å². The second-order valence-corrected chi connectivity index (χ2v) is 5.45. The topological polar surface area (TPSA) is 50.5 Å². The van der Waals surface area contributed by atoms with Crippen molar-refractivity contribution in [2.45, 2.75) is 31.7 Å². The van der Waals surface area contributed by atoms with Crippen molar-refractivity contribution in [1.82, 2.24) is 19.5 Å². The lowest BCUT2D eigenvalue weighted by Crippen LogP contribution is -2.32. The maximum atomic E-state index is 12.3. The number of carbonyl (C=O) groups is 1. The third kappa shape index (κ3) is 1.72. The van der Waals surface area contributed by atoms with Crippen LogP contribution in [-0.2, 0) is 4.79 Å². The molecule has 1 atom stereocenters. The lowest BCUT2D eigenvalue weighted by molar-refractivity contribution is -0.133. The number of carbonyl (C=O) groups excluding carboxylic acids is 1. The van der Waals surface area contributed by atoms with Crippen LogP contribution in [0, 0.1) is 5.92 Å². The molecule has 2 fully saturated rings. The highest BCUT2D eigenvalue weighted by atomic mass is 16.2. The Morgan fingerprint density at radius 1 is 1.21 bits per heavy atom. The fourth-order valence-corrected chi connectivity index (χ4v) is 2.95. The lowest BCUT2D eigenvalue weighted by Gasteiger charge is -2.23. The summed E-state index contributed by atoms with van der Waals surface area (Å²) in [7, 11) is 0. The van der Waals surface area contributed by atoms with Gasteiger partial charge >= 0.3 is 0 Å². The Morgan fingerprint density at radius 3 is 2.95 bits per heavy atom. The summed E-state index contributed by atoms with van der Waals surface area (Å²) in [6, 6.07) is 5.97. The average molecular weight is 256 g/mol. The summed E-state index contributed by atoms with van der Waals surface area (Å²) in [6.45, 7) is 0.863. The summed E-state index contributed by atoms with van der Waals surface area (Å²) >= 11 is 0. The summed E-state index contributed by atoms with van der Waals surface area (Å²) in [4.78, 5) is 14.3. The van der Waals surface area contributed by atoms with Crippen molar-refractivity contribution in [3.05, 3.63) is 30.2 Å². The molecule has 19 heavy (non-hydrogen) atoms. The van der Waals surface area contributed by atoms with Crippen LogP contribution in [0.5, 0.6) is 0 Å². The molecule has 2 aromatic rings. The van der Waals surface area contributed by atoms with E-state index in [1.807, 2.05) is 33.7 Å². The van der Waals surface area contributed by atoms with E-state index in [0.717, 1.165) is 43.7 Å². The molecule has 2 aliphatic rings. The highest BCUT2D eigenvalue weighted by molar-refractivity contribution is 5.81. The van der Waals surface area contributed by atoms with Crippen molar-refractivity contribution in [3.63, 3.8) is 0 Å². The first-order valence-electron chi connectivity index (χ1n) is 6.95. The van der Waals surface area contributed by atoms with Crippen LogP contribution in [0.15, 0.2) is 24.4 Å². The second kappa shape index (κ2) is 4.05. The Bertz CT molecular complexity index is 631. The predicted molar refractivity (Wildman–Crippen MR) is 69.4 cm³/mol. The van der Waals surface area contributed by atoms with Gasteiger partial charge in [0.2, 0.25) is 5.91 Å². The molecule has 0 N–H and O–H groups in total. The van der Waals surface area contributed by atoms with Crippen molar-refractivity contribution in [2.24, 2.45) is 5.92 Å². The number of hydrogen-bond acceptors (Lipinski definition) is 3. The van der Waals surface area contributed by atoms with Gasteiger partial charge in [-0.25, -0.2) is 0 Å². The van der Waals surface area contributed by atoms with Crippen LogP contribution in [0.2, 0.25) is 0 Å². The standard InChI is InChI=1S/C14H16N4O/c19-14(10-6-7-10)17-9-3-4-11(17)13-16-15-12-5-1-2-8-18(12)13/h1-2,5,8,10-11H,3-4,6-7,9H2/t11-/m0/s1. The molecule has 0 spiro atoms. The number of nitrogens with zero attached hydrogens (tertiary/aromatic N) is 4. The van der Waals surface area contributed by atoms with Gasteiger partial charge in [-0.05, 0) is 37.8 Å². The fraction of sp³-hybridized carbons (Fsp3) is 0.500. The van der Waals surface area contributed by atoms with Gasteiger partial charge in [-0.15, -0.1) is 10.2 Å². The van der Waals surface area contributed by atoms with Crippen LogP contribution < -0.4 is 0 Å². The largest absolute Gasteiger partial charge is 0.332 e. The van der Waals surface area contributed by atoms with Gasteiger partial charge in [0, 0.05) is 18.7 Å². The number of pyridine rings is 1. The average Bonchev–Trinajstić information content (AvgIpc) is 3.02. The Balaban J connectivity index is 1.72. The lowest BCUT2D eigenvalue weighted by atomic mass is 10.2. The molecule has 0 aromatic carbocycles. The zero-order valence-corrected chi connectivity index (χ0v) is 10.7. The molecule has 98 valence electrons. The summed E-state index contributed by atoms with van der Waals surface area (Å²) in [5, 5.41) is 8.50. The van der Waals surface area contributed by atoms with Gasteiger partial charge in [-0.2, -0.15) is 0 Å². The van der Waals surface area contributed by atoms with Crippen molar-refractivity contribution in [1.29, 1.82) is 0 Å². The molecule has 5 nitrogen and oxygen atoms in total. The molecule has 2 aromatic heterocycles. The molecular formula is C14H16N4O. The number of hydrogen-bond donors (Lipinski definition) is 0. The third-order valence-corrected chi connectivity index (χ3v) is 4.10.